The van der Waals surface area contributed by atoms with E-state index in [1.807, 2.05) is 13.8 Å². The molecule has 2 amide bonds. The van der Waals surface area contributed by atoms with Gasteiger partial charge in [0.25, 0.3) is 11.8 Å². The van der Waals surface area contributed by atoms with E-state index in [0.717, 1.165) is 27.9 Å². The predicted octanol–water partition coefficient (Wildman–Crippen LogP) is 7.07. The highest BCUT2D eigenvalue weighted by atomic mass is 79.9. The van der Waals surface area contributed by atoms with Crippen molar-refractivity contribution >= 4 is 73.7 Å². The van der Waals surface area contributed by atoms with Gasteiger partial charge >= 0.3 is 0 Å². The summed E-state index contributed by atoms with van der Waals surface area (Å²) in [6.45, 7) is 4.30. The lowest BCUT2D eigenvalue weighted by Crippen LogP contribution is -2.44. The Hall–Kier alpha value is -2.92. The first kappa shape index (κ1) is 28.1. The Morgan fingerprint density at radius 1 is 1.18 bits per heavy atom. The van der Waals surface area contributed by atoms with Gasteiger partial charge in [-0.1, -0.05) is 41.6 Å². The Kier molecular flexibility index (Phi) is 9.09. The number of aryl methyl sites for hydroxylation is 1. The summed E-state index contributed by atoms with van der Waals surface area (Å²) in [5, 5.41) is 1.31. The van der Waals surface area contributed by atoms with E-state index in [-0.39, 0.29) is 27.3 Å². The van der Waals surface area contributed by atoms with Crippen molar-refractivity contribution in [3.63, 3.8) is 0 Å². The normalized spacial score (nSPS) is 14.2. The van der Waals surface area contributed by atoms with Crippen molar-refractivity contribution in [2.75, 3.05) is 6.61 Å². The van der Waals surface area contributed by atoms with Crippen LogP contribution in [0.15, 0.2) is 64.0 Å². The fourth-order valence-electron chi connectivity index (χ4n) is 3.49. The number of hydrazine groups is 1. The van der Waals surface area contributed by atoms with Crippen molar-refractivity contribution in [1.29, 1.82) is 0 Å². The largest absolute Gasteiger partial charge is 0.490 e. The maximum atomic E-state index is 13.2. The van der Waals surface area contributed by atoms with E-state index in [1.54, 1.807) is 48.5 Å². The molecule has 1 aliphatic rings. The van der Waals surface area contributed by atoms with Crippen LogP contribution in [-0.2, 0) is 11.4 Å². The molecule has 1 heterocycles. The average molecular weight is 636 g/mol. The van der Waals surface area contributed by atoms with Gasteiger partial charge in [-0.3, -0.25) is 15.0 Å². The van der Waals surface area contributed by atoms with Gasteiger partial charge < -0.3 is 9.47 Å². The van der Waals surface area contributed by atoms with Gasteiger partial charge in [-0.15, -0.1) is 0 Å². The lowest BCUT2D eigenvalue weighted by Gasteiger charge is -2.16. The molecule has 1 aliphatic heterocycles. The number of halogens is 3. The van der Waals surface area contributed by atoms with Crippen LogP contribution in [0.5, 0.6) is 11.5 Å². The van der Waals surface area contributed by atoms with E-state index < -0.39 is 11.8 Å². The summed E-state index contributed by atoms with van der Waals surface area (Å²) in [5.74, 6) is -0.395. The fourth-order valence-corrected chi connectivity index (χ4v) is 5.57. The smallest absolute Gasteiger partial charge is 0.285 e. The van der Waals surface area contributed by atoms with Crippen LogP contribution >= 0.6 is 51.5 Å². The van der Waals surface area contributed by atoms with E-state index in [4.69, 9.17) is 33.3 Å². The molecule has 0 aromatic heterocycles. The molecule has 1 saturated heterocycles. The number of benzene rings is 3. The Morgan fingerprint density at radius 3 is 2.61 bits per heavy atom. The van der Waals surface area contributed by atoms with Gasteiger partial charge in [-0.05, 0) is 101 Å². The topological polar surface area (TPSA) is 67.9 Å². The fraction of sp³-hybridized carbons (Fsp3) is 0.148. The lowest BCUT2D eigenvalue weighted by molar-refractivity contribution is -0.123. The number of rotatable bonds is 8. The van der Waals surface area contributed by atoms with Gasteiger partial charge in [0.15, 0.2) is 15.8 Å². The lowest BCUT2D eigenvalue weighted by atomic mass is 10.1. The number of carbonyl (C=O) groups is 2. The molecule has 196 valence electrons. The third-order valence-corrected chi connectivity index (χ3v) is 7.51. The SMILES string of the molecule is CCOc1cc(/C=C2\SC(=S)N(NC(=O)c3ccc(C)cc3Cl)C2=O)cc(Br)c1OCc1ccc(F)cc1. The minimum absolute atomic E-state index is 0.182. The van der Waals surface area contributed by atoms with Crippen LogP contribution in [0.4, 0.5) is 4.39 Å². The minimum Gasteiger partial charge on any atom is -0.490 e. The first-order valence-corrected chi connectivity index (χ1v) is 13.7. The summed E-state index contributed by atoms with van der Waals surface area (Å²) in [5.41, 5.74) is 5.13. The number of nitrogens with zero attached hydrogens (tertiary/aromatic N) is 1. The number of thioether (sulfide) groups is 1. The van der Waals surface area contributed by atoms with Gasteiger partial charge in [-0.25, -0.2) is 4.39 Å². The van der Waals surface area contributed by atoms with Crippen LogP contribution in [0.25, 0.3) is 6.08 Å². The zero-order chi connectivity index (χ0) is 27.4. The average Bonchev–Trinajstić information content (AvgIpc) is 3.12. The number of ether oxygens (including phenoxy) is 2. The molecule has 0 radical (unpaired) electrons. The quantitative estimate of drug-likeness (QED) is 0.211. The summed E-state index contributed by atoms with van der Waals surface area (Å²) in [7, 11) is 0. The number of hydrogen-bond donors (Lipinski definition) is 1. The molecule has 0 saturated carbocycles. The predicted molar refractivity (Wildman–Crippen MR) is 155 cm³/mol. The summed E-state index contributed by atoms with van der Waals surface area (Å²) < 4.78 is 25.7. The van der Waals surface area contributed by atoms with Gasteiger partial charge in [0.2, 0.25) is 0 Å². The van der Waals surface area contributed by atoms with E-state index >= 15 is 0 Å². The number of hydrogen-bond acceptors (Lipinski definition) is 6. The standard InChI is InChI=1S/C27H21BrClFN2O4S2/c1-3-35-22-12-17(11-20(28)24(22)36-14-16-5-7-18(30)8-6-16)13-23-26(34)32(27(37)38-23)31-25(33)19-9-4-15(2)10-21(19)29/h4-13H,3,14H2,1-2H3,(H,31,33)/b23-13-. The monoisotopic (exact) mass is 634 g/mol. The van der Waals surface area contributed by atoms with E-state index in [1.165, 1.54) is 12.1 Å². The van der Waals surface area contributed by atoms with Crippen molar-refractivity contribution in [3.8, 4) is 11.5 Å². The maximum absolute atomic E-state index is 13.2. The summed E-state index contributed by atoms with van der Waals surface area (Å²) in [4.78, 5) is 26.1. The maximum Gasteiger partial charge on any atom is 0.285 e. The van der Waals surface area contributed by atoms with E-state index in [9.17, 15) is 14.0 Å². The van der Waals surface area contributed by atoms with E-state index in [0.29, 0.717) is 33.0 Å². The number of thiocarbonyl (C=S) groups is 1. The number of carbonyl (C=O) groups excluding carboxylic acids is 2. The van der Waals surface area contributed by atoms with Crippen LogP contribution < -0.4 is 14.9 Å². The zero-order valence-electron chi connectivity index (χ0n) is 20.2. The Morgan fingerprint density at radius 2 is 1.92 bits per heavy atom. The molecule has 0 atom stereocenters. The highest BCUT2D eigenvalue weighted by molar-refractivity contribution is 9.10. The third kappa shape index (κ3) is 6.55. The molecule has 38 heavy (non-hydrogen) atoms. The van der Waals surface area contributed by atoms with Gasteiger partial charge in [0.05, 0.1) is 26.6 Å². The highest BCUT2D eigenvalue weighted by Gasteiger charge is 2.34. The second-order valence-corrected chi connectivity index (χ2v) is 11.1. The van der Waals surface area contributed by atoms with Crippen LogP contribution in [0.2, 0.25) is 5.02 Å². The molecule has 1 N–H and O–H groups in total. The van der Waals surface area contributed by atoms with Crippen molar-refractivity contribution in [2.45, 2.75) is 20.5 Å². The summed E-state index contributed by atoms with van der Waals surface area (Å²) in [6, 6.07) is 14.6. The minimum atomic E-state index is -0.545. The first-order valence-electron chi connectivity index (χ1n) is 11.3. The number of nitrogens with one attached hydrogen (secondary N) is 1. The molecular formula is C27H21BrClFN2O4S2. The second kappa shape index (κ2) is 12.3. The zero-order valence-corrected chi connectivity index (χ0v) is 24.2. The molecule has 0 bridgehead atoms. The second-order valence-electron chi connectivity index (χ2n) is 8.12. The van der Waals surface area contributed by atoms with Crippen molar-refractivity contribution < 1.29 is 23.5 Å². The molecule has 0 spiro atoms. The van der Waals surface area contributed by atoms with Crippen LogP contribution in [-0.4, -0.2) is 27.8 Å². The van der Waals surface area contributed by atoms with Crippen molar-refractivity contribution in [2.24, 2.45) is 0 Å². The molecule has 1 fully saturated rings. The summed E-state index contributed by atoms with van der Waals surface area (Å²) in [6.07, 6.45) is 1.65. The van der Waals surface area contributed by atoms with Crippen molar-refractivity contribution in [1.82, 2.24) is 10.4 Å². The molecule has 3 aromatic carbocycles. The molecular weight excluding hydrogens is 615 g/mol. The van der Waals surface area contributed by atoms with Gasteiger partial charge in [0.1, 0.15) is 12.4 Å². The highest BCUT2D eigenvalue weighted by Crippen LogP contribution is 2.39. The van der Waals surface area contributed by atoms with E-state index in [2.05, 4.69) is 21.4 Å². The first-order chi connectivity index (χ1) is 18.2. The molecule has 0 unspecified atom stereocenters. The van der Waals surface area contributed by atoms with Gasteiger partial charge in [-0.2, -0.15) is 5.01 Å². The summed E-state index contributed by atoms with van der Waals surface area (Å²) >= 11 is 16.1. The Labute approximate surface area is 242 Å². The van der Waals surface area contributed by atoms with Crippen LogP contribution in [0.3, 0.4) is 0 Å². The van der Waals surface area contributed by atoms with Crippen LogP contribution in [0, 0.1) is 12.7 Å². The molecule has 0 aliphatic carbocycles. The Bertz CT molecular complexity index is 1450. The molecule has 4 rings (SSSR count). The molecule has 11 heteroatoms. The third-order valence-electron chi connectivity index (χ3n) is 5.30. The molecule has 3 aromatic rings. The molecule has 6 nitrogen and oxygen atoms in total. The van der Waals surface area contributed by atoms with Crippen molar-refractivity contribution in [3.05, 3.63) is 97.1 Å². The van der Waals surface area contributed by atoms with Gasteiger partial charge in [0, 0.05) is 0 Å². The number of amides is 2. The van der Waals surface area contributed by atoms with Crippen LogP contribution in [0.1, 0.15) is 34.0 Å². The Balaban J connectivity index is 1.53.